The molecule has 0 fully saturated rings. The number of ketones is 1. The lowest BCUT2D eigenvalue weighted by molar-refractivity contribution is 0.101. The maximum absolute atomic E-state index is 12.9. The number of rotatable bonds is 10. The maximum Gasteiger partial charge on any atom is 0.228 e. The second-order valence-corrected chi connectivity index (χ2v) is 8.78. The molecule has 2 heterocycles. The van der Waals surface area contributed by atoms with E-state index in [1.165, 1.54) is 0 Å². The molecule has 0 amide bonds. The van der Waals surface area contributed by atoms with Crippen molar-refractivity contribution in [3.05, 3.63) is 114 Å². The van der Waals surface area contributed by atoms with E-state index in [1.807, 2.05) is 24.3 Å². The number of carbonyl (C=O) groups is 1. The van der Waals surface area contributed by atoms with Crippen molar-refractivity contribution < 1.29 is 24.9 Å². The van der Waals surface area contributed by atoms with Gasteiger partial charge in [-0.05, 0) is 72.6 Å². The smallest absolute Gasteiger partial charge is 0.228 e. The lowest BCUT2D eigenvalue weighted by Crippen LogP contribution is -2.37. The summed E-state index contributed by atoms with van der Waals surface area (Å²) in [5.41, 5.74) is 3.23. The van der Waals surface area contributed by atoms with E-state index in [4.69, 9.17) is 4.74 Å². The van der Waals surface area contributed by atoms with Crippen molar-refractivity contribution in [1.82, 2.24) is 20.3 Å². The summed E-state index contributed by atoms with van der Waals surface area (Å²) in [6.45, 7) is -0.213. The number of fused-ring (bicyclic) bond motifs is 1. The fourth-order valence-electron chi connectivity index (χ4n) is 4.09. The highest BCUT2D eigenvalue weighted by Crippen LogP contribution is 2.27. The molecule has 0 radical (unpaired) electrons. The number of phenols is 1. The number of H-pyrrole nitrogens is 1. The van der Waals surface area contributed by atoms with Crippen LogP contribution in [0.2, 0.25) is 0 Å². The Balaban J connectivity index is 1.27. The molecule has 9 nitrogen and oxygen atoms in total. The zero-order chi connectivity index (χ0) is 26.5. The first-order chi connectivity index (χ1) is 18.5. The van der Waals surface area contributed by atoms with Crippen LogP contribution >= 0.6 is 0 Å². The molecular formula is C29H26N4O5. The fraction of sp³-hybridized carbons (Fsp3) is 0.138. The summed E-state index contributed by atoms with van der Waals surface area (Å²) < 4.78 is 5.93. The van der Waals surface area contributed by atoms with Crippen LogP contribution in [0.25, 0.3) is 11.0 Å². The number of pyridine rings is 1. The SMILES string of the molecule is O=C(c1ccc(Oc2ncccc2C(O)NC(CO)Cc2ccc(O)cc2)cc1)c1nc2ccccc2[nH]1. The number of aliphatic hydroxyl groups excluding tert-OH is 2. The van der Waals surface area contributed by atoms with Crippen molar-refractivity contribution in [2.75, 3.05) is 6.61 Å². The number of carbonyl (C=O) groups excluding carboxylic acids is 1. The summed E-state index contributed by atoms with van der Waals surface area (Å²) in [5.74, 6) is 0.791. The summed E-state index contributed by atoms with van der Waals surface area (Å²) in [6, 6.07) is 23.6. The van der Waals surface area contributed by atoms with Crippen LogP contribution in [0.4, 0.5) is 0 Å². The number of hydrogen-bond acceptors (Lipinski definition) is 8. The molecule has 0 spiro atoms. The molecule has 38 heavy (non-hydrogen) atoms. The summed E-state index contributed by atoms with van der Waals surface area (Å²) >= 11 is 0. The first kappa shape index (κ1) is 25.1. The van der Waals surface area contributed by atoms with Gasteiger partial charge in [-0.2, -0.15) is 0 Å². The van der Waals surface area contributed by atoms with Crippen LogP contribution in [0.5, 0.6) is 17.4 Å². The van der Waals surface area contributed by atoms with Gasteiger partial charge in [-0.3, -0.25) is 10.1 Å². The van der Waals surface area contributed by atoms with Crippen LogP contribution in [-0.2, 0) is 6.42 Å². The zero-order valence-electron chi connectivity index (χ0n) is 20.3. The van der Waals surface area contributed by atoms with Crippen LogP contribution in [0.1, 0.15) is 33.5 Å². The summed E-state index contributed by atoms with van der Waals surface area (Å²) in [5, 5.41) is 33.2. The number of aliphatic hydroxyl groups is 2. The number of nitrogens with one attached hydrogen (secondary N) is 2. The standard InChI is InChI=1S/C29H26N4O5/c34-17-20(16-18-7-11-21(35)12-8-18)31-28(37)23-4-3-15-30-29(23)38-22-13-9-19(10-14-22)26(36)27-32-24-5-1-2-6-25(24)33-27/h1-15,20,28,31,34-35,37H,16-17H2,(H,32,33). The van der Waals surface area contributed by atoms with E-state index in [0.717, 1.165) is 16.6 Å². The average molecular weight is 511 g/mol. The van der Waals surface area contributed by atoms with Gasteiger partial charge in [0, 0.05) is 17.8 Å². The molecule has 192 valence electrons. The van der Waals surface area contributed by atoms with Crippen molar-refractivity contribution in [1.29, 1.82) is 0 Å². The minimum absolute atomic E-state index is 0.159. The van der Waals surface area contributed by atoms with E-state index in [2.05, 4.69) is 20.3 Å². The Labute approximate surface area is 218 Å². The first-order valence-electron chi connectivity index (χ1n) is 12.1. The lowest BCUT2D eigenvalue weighted by atomic mass is 10.1. The molecule has 0 saturated carbocycles. The number of hydrogen-bond donors (Lipinski definition) is 5. The fourth-order valence-corrected chi connectivity index (χ4v) is 4.09. The second-order valence-electron chi connectivity index (χ2n) is 8.78. The van der Waals surface area contributed by atoms with Gasteiger partial charge in [-0.1, -0.05) is 24.3 Å². The Bertz CT molecular complexity index is 1500. The second kappa shape index (κ2) is 11.2. The number of phenolic OH excluding ortho intramolecular Hbond substituents is 1. The molecule has 2 unspecified atom stereocenters. The summed E-state index contributed by atoms with van der Waals surface area (Å²) in [7, 11) is 0. The van der Waals surface area contributed by atoms with Gasteiger partial charge in [0.05, 0.1) is 23.2 Å². The lowest BCUT2D eigenvalue weighted by Gasteiger charge is -2.22. The Morgan fingerprint density at radius 3 is 2.47 bits per heavy atom. The minimum Gasteiger partial charge on any atom is -0.508 e. The van der Waals surface area contributed by atoms with Gasteiger partial charge in [0.15, 0.2) is 5.82 Å². The molecule has 5 aromatic rings. The highest BCUT2D eigenvalue weighted by atomic mass is 16.5. The van der Waals surface area contributed by atoms with Crippen LogP contribution in [0.15, 0.2) is 91.1 Å². The average Bonchev–Trinajstić information content (AvgIpc) is 3.38. The topological polar surface area (TPSA) is 141 Å². The molecule has 0 saturated heterocycles. The van der Waals surface area contributed by atoms with Crippen LogP contribution in [0, 0.1) is 0 Å². The van der Waals surface area contributed by atoms with E-state index in [9.17, 15) is 20.1 Å². The third kappa shape index (κ3) is 5.70. The predicted octanol–water partition coefficient (Wildman–Crippen LogP) is 3.87. The number of aromatic amines is 1. The van der Waals surface area contributed by atoms with E-state index < -0.39 is 12.3 Å². The highest BCUT2D eigenvalue weighted by Gasteiger charge is 2.20. The first-order valence-corrected chi connectivity index (χ1v) is 12.1. The number of nitrogens with zero attached hydrogens (tertiary/aromatic N) is 2. The largest absolute Gasteiger partial charge is 0.508 e. The zero-order valence-corrected chi connectivity index (χ0v) is 20.3. The van der Waals surface area contributed by atoms with Crippen molar-refractivity contribution >= 4 is 16.8 Å². The summed E-state index contributed by atoms with van der Waals surface area (Å²) in [4.78, 5) is 24.5. The van der Waals surface area contributed by atoms with Crippen LogP contribution in [0.3, 0.4) is 0 Å². The molecule has 9 heteroatoms. The molecule has 2 atom stereocenters. The van der Waals surface area contributed by atoms with Crippen LogP contribution < -0.4 is 10.1 Å². The Morgan fingerprint density at radius 1 is 0.974 bits per heavy atom. The van der Waals surface area contributed by atoms with E-state index in [1.54, 1.807) is 66.9 Å². The molecule has 0 aliphatic carbocycles. The van der Waals surface area contributed by atoms with Crippen molar-refractivity contribution in [2.45, 2.75) is 18.7 Å². The molecule has 3 aromatic carbocycles. The third-order valence-electron chi connectivity index (χ3n) is 6.06. The molecule has 0 aliphatic heterocycles. The Hall–Kier alpha value is -4.57. The normalized spacial score (nSPS) is 12.8. The van der Waals surface area contributed by atoms with Gasteiger partial charge in [0.25, 0.3) is 0 Å². The van der Waals surface area contributed by atoms with Gasteiger partial charge >= 0.3 is 0 Å². The van der Waals surface area contributed by atoms with Gasteiger partial charge < -0.3 is 25.0 Å². The van der Waals surface area contributed by atoms with Crippen molar-refractivity contribution in [3.63, 3.8) is 0 Å². The van der Waals surface area contributed by atoms with Crippen LogP contribution in [-0.4, -0.2) is 48.7 Å². The van der Waals surface area contributed by atoms with Crippen molar-refractivity contribution in [2.24, 2.45) is 0 Å². The third-order valence-corrected chi connectivity index (χ3v) is 6.06. The molecule has 5 N–H and O–H groups in total. The predicted molar refractivity (Wildman–Crippen MR) is 141 cm³/mol. The van der Waals surface area contributed by atoms with Gasteiger partial charge in [0.1, 0.15) is 17.7 Å². The monoisotopic (exact) mass is 510 g/mol. The van der Waals surface area contributed by atoms with E-state index in [-0.39, 0.29) is 29.8 Å². The molecule has 5 rings (SSSR count). The summed E-state index contributed by atoms with van der Waals surface area (Å²) in [6.07, 6.45) is 0.817. The number of aromatic hydroxyl groups is 1. The van der Waals surface area contributed by atoms with Crippen molar-refractivity contribution in [3.8, 4) is 17.4 Å². The molecular weight excluding hydrogens is 484 g/mol. The Kier molecular flexibility index (Phi) is 7.41. The van der Waals surface area contributed by atoms with Gasteiger partial charge in [-0.15, -0.1) is 0 Å². The maximum atomic E-state index is 12.9. The quantitative estimate of drug-likeness (QED) is 0.141. The number of benzene rings is 3. The minimum atomic E-state index is -1.16. The van der Waals surface area contributed by atoms with Gasteiger partial charge in [0.2, 0.25) is 11.7 Å². The molecule has 2 aromatic heterocycles. The molecule has 0 aliphatic rings. The Morgan fingerprint density at radius 2 is 1.74 bits per heavy atom. The van der Waals surface area contributed by atoms with E-state index in [0.29, 0.717) is 23.3 Å². The van der Waals surface area contributed by atoms with Gasteiger partial charge in [-0.25, -0.2) is 9.97 Å². The molecule has 0 bridgehead atoms. The highest BCUT2D eigenvalue weighted by molar-refractivity contribution is 6.08. The number of aromatic nitrogens is 3. The number of imidazole rings is 1. The number of ether oxygens (including phenoxy) is 1. The van der Waals surface area contributed by atoms with E-state index >= 15 is 0 Å². The number of para-hydroxylation sites is 2.